The van der Waals surface area contributed by atoms with Crippen molar-refractivity contribution in [3.05, 3.63) is 29.6 Å². The Hall–Kier alpha value is -1.46. The first-order valence-electron chi connectivity index (χ1n) is 6.58. The molecular formula is C14H20N2O3. The van der Waals surface area contributed by atoms with Crippen LogP contribution in [0.3, 0.4) is 0 Å². The molecule has 5 heteroatoms. The van der Waals surface area contributed by atoms with Crippen molar-refractivity contribution in [1.82, 2.24) is 9.88 Å². The molecule has 0 radical (unpaired) electrons. The summed E-state index contributed by atoms with van der Waals surface area (Å²) in [6, 6.07) is 3.30. The molecule has 5 nitrogen and oxygen atoms in total. The van der Waals surface area contributed by atoms with E-state index in [2.05, 4.69) is 4.98 Å². The van der Waals surface area contributed by atoms with E-state index in [0.29, 0.717) is 17.9 Å². The number of amides is 1. The number of pyridine rings is 1. The quantitative estimate of drug-likeness (QED) is 0.846. The summed E-state index contributed by atoms with van der Waals surface area (Å²) in [4.78, 5) is 18.1. The van der Waals surface area contributed by atoms with Crippen LogP contribution in [0, 0.1) is 0 Å². The maximum Gasteiger partial charge on any atom is 0.255 e. The average molecular weight is 264 g/mol. The summed E-state index contributed by atoms with van der Waals surface area (Å²) in [5.74, 6) is 0.140. The first-order valence-corrected chi connectivity index (χ1v) is 6.58. The third-order valence-electron chi connectivity index (χ3n) is 3.49. The lowest BCUT2D eigenvalue weighted by molar-refractivity contribution is 0.0664. The third kappa shape index (κ3) is 2.93. The van der Waals surface area contributed by atoms with Crippen LogP contribution in [-0.2, 0) is 0 Å². The highest BCUT2D eigenvalue weighted by Crippen LogP contribution is 2.20. The highest BCUT2D eigenvalue weighted by Gasteiger charge is 2.34. The molecule has 0 unspecified atom stereocenters. The topological polar surface area (TPSA) is 73.7 Å². The predicted octanol–water partition coefficient (Wildman–Crippen LogP) is 0.773. The summed E-state index contributed by atoms with van der Waals surface area (Å²) in [7, 11) is 0. The van der Waals surface area contributed by atoms with Crippen molar-refractivity contribution in [3.8, 4) is 0 Å². The molecule has 2 atom stereocenters. The summed E-state index contributed by atoms with van der Waals surface area (Å²) in [5.41, 5.74) is 1.44. The first kappa shape index (κ1) is 14.0. The highest BCUT2D eigenvalue weighted by atomic mass is 16.3. The van der Waals surface area contributed by atoms with E-state index in [4.69, 9.17) is 0 Å². The van der Waals surface area contributed by atoms with Gasteiger partial charge in [0.15, 0.2) is 0 Å². The maximum absolute atomic E-state index is 12.3. The molecule has 1 amide bonds. The molecule has 1 aliphatic rings. The smallest absolute Gasteiger partial charge is 0.255 e. The van der Waals surface area contributed by atoms with Crippen molar-refractivity contribution >= 4 is 5.91 Å². The highest BCUT2D eigenvalue weighted by molar-refractivity contribution is 5.94. The van der Waals surface area contributed by atoms with Crippen molar-refractivity contribution in [1.29, 1.82) is 0 Å². The van der Waals surface area contributed by atoms with Crippen LogP contribution in [-0.4, -0.2) is 51.3 Å². The van der Waals surface area contributed by atoms with Crippen LogP contribution >= 0.6 is 0 Å². The van der Waals surface area contributed by atoms with Gasteiger partial charge in [-0.1, -0.05) is 13.8 Å². The number of likely N-dealkylation sites (tertiary alicyclic amines) is 1. The van der Waals surface area contributed by atoms with Crippen LogP contribution in [0.2, 0.25) is 0 Å². The largest absolute Gasteiger partial charge is 0.394 e. The molecule has 2 heterocycles. The Morgan fingerprint density at radius 1 is 1.53 bits per heavy atom. The van der Waals surface area contributed by atoms with Crippen molar-refractivity contribution in [2.45, 2.75) is 38.3 Å². The number of aromatic nitrogens is 1. The van der Waals surface area contributed by atoms with Gasteiger partial charge in [-0.05, 0) is 24.5 Å². The Bertz CT molecular complexity index is 445. The molecule has 1 fully saturated rings. The van der Waals surface area contributed by atoms with E-state index in [1.807, 2.05) is 19.9 Å². The number of aliphatic hydroxyl groups is 2. The SMILES string of the molecule is CC(C)c1ccc(C(=O)N2C[C@H](O)C[C@H]2CO)cn1. The van der Waals surface area contributed by atoms with E-state index < -0.39 is 6.10 Å². The van der Waals surface area contributed by atoms with Crippen LogP contribution in [0.4, 0.5) is 0 Å². The summed E-state index contributed by atoms with van der Waals surface area (Å²) >= 11 is 0. The molecule has 19 heavy (non-hydrogen) atoms. The number of rotatable bonds is 3. The van der Waals surface area contributed by atoms with E-state index in [9.17, 15) is 15.0 Å². The number of nitrogens with zero attached hydrogens (tertiary/aromatic N) is 2. The van der Waals surface area contributed by atoms with E-state index in [-0.39, 0.29) is 25.1 Å². The molecule has 1 aromatic heterocycles. The number of carbonyl (C=O) groups excluding carboxylic acids is 1. The molecular weight excluding hydrogens is 244 g/mol. The van der Waals surface area contributed by atoms with Crippen molar-refractivity contribution in [2.24, 2.45) is 0 Å². The van der Waals surface area contributed by atoms with E-state index in [1.165, 1.54) is 4.90 Å². The lowest BCUT2D eigenvalue weighted by atomic mass is 10.1. The average Bonchev–Trinajstić information content (AvgIpc) is 2.79. The number of aliphatic hydroxyl groups excluding tert-OH is 2. The van der Waals surface area contributed by atoms with E-state index in [0.717, 1.165) is 5.69 Å². The van der Waals surface area contributed by atoms with Gasteiger partial charge >= 0.3 is 0 Å². The summed E-state index contributed by atoms with van der Waals surface area (Å²) in [6.45, 7) is 4.24. The first-order chi connectivity index (χ1) is 9.02. The number of hydrogen-bond donors (Lipinski definition) is 2. The zero-order valence-corrected chi connectivity index (χ0v) is 11.3. The van der Waals surface area contributed by atoms with Crippen LogP contribution in [0.25, 0.3) is 0 Å². The molecule has 0 aromatic carbocycles. The summed E-state index contributed by atoms with van der Waals surface area (Å²) < 4.78 is 0. The second-order valence-electron chi connectivity index (χ2n) is 5.31. The zero-order chi connectivity index (χ0) is 14.0. The van der Waals surface area contributed by atoms with Gasteiger partial charge in [0.05, 0.1) is 24.3 Å². The van der Waals surface area contributed by atoms with Gasteiger partial charge in [0, 0.05) is 18.4 Å². The summed E-state index contributed by atoms with van der Waals surface area (Å²) in [6.07, 6.45) is 1.44. The van der Waals surface area contributed by atoms with Crippen LogP contribution < -0.4 is 0 Å². The minimum absolute atomic E-state index is 0.125. The van der Waals surface area contributed by atoms with Crippen LogP contribution in [0.5, 0.6) is 0 Å². The monoisotopic (exact) mass is 264 g/mol. The molecule has 0 bridgehead atoms. The Labute approximate surface area is 112 Å². The van der Waals surface area contributed by atoms with Crippen molar-refractivity contribution in [2.75, 3.05) is 13.2 Å². The van der Waals surface area contributed by atoms with Crippen LogP contribution in [0.15, 0.2) is 18.3 Å². The molecule has 2 rings (SSSR count). The Morgan fingerprint density at radius 3 is 2.79 bits per heavy atom. The number of carbonyl (C=O) groups is 1. The molecule has 1 saturated heterocycles. The van der Waals surface area contributed by atoms with Gasteiger partial charge < -0.3 is 15.1 Å². The standard InChI is InChI=1S/C14H20N2O3/c1-9(2)13-4-3-10(6-15-13)14(19)16-7-12(18)5-11(16)8-17/h3-4,6,9,11-12,17-18H,5,7-8H2,1-2H3/t11-,12+/m0/s1. The van der Waals surface area contributed by atoms with E-state index >= 15 is 0 Å². The molecule has 104 valence electrons. The van der Waals surface area contributed by atoms with Gasteiger partial charge in [0.1, 0.15) is 0 Å². The third-order valence-corrected chi connectivity index (χ3v) is 3.49. The minimum Gasteiger partial charge on any atom is -0.394 e. The lowest BCUT2D eigenvalue weighted by Gasteiger charge is -2.22. The zero-order valence-electron chi connectivity index (χ0n) is 11.3. The molecule has 0 saturated carbocycles. The second-order valence-corrected chi connectivity index (χ2v) is 5.31. The van der Waals surface area contributed by atoms with Gasteiger partial charge in [-0.25, -0.2) is 0 Å². The fraction of sp³-hybridized carbons (Fsp3) is 0.571. The predicted molar refractivity (Wildman–Crippen MR) is 70.9 cm³/mol. The van der Waals surface area contributed by atoms with Gasteiger partial charge in [-0.3, -0.25) is 9.78 Å². The van der Waals surface area contributed by atoms with Gasteiger partial charge in [0.25, 0.3) is 5.91 Å². The Morgan fingerprint density at radius 2 is 2.26 bits per heavy atom. The van der Waals surface area contributed by atoms with Crippen LogP contribution in [0.1, 0.15) is 42.2 Å². The maximum atomic E-state index is 12.3. The molecule has 1 aliphatic heterocycles. The molecule has 0 aliphatic carbocycles. The van der Waals surface area contributed by atoms with Crippen molar-refractivity contribution < 1.29 is 15.0 Å². The number of β-amino-alcohol motifs (C(OH)–C–C–N with tert-alkyl or cyclic N) is 1. The molecule has 0 spiro atoms. The summed E-state index contributed by atoms with van der Waals surface area (Å²) in [5, 5.41) is 18.8. The lowest BCUT2D eigenvalue weighted by Crippen LogP contribution is -2.38. The Kier molecular flexibility index (Phi) is 4.17. The molecule has 2 N–H and O–H groups in total. The fourth-order valence-corrected chi connectivity index (χ4v) is 2.35. The second kappa shape index (κ2) is 5.67. The van der Waals surface area contributed by atoms with Crippen molar-refractivity contribution in [3.63, 3.8) is 0 Å². The van der Waals surface area contributed by atoms with Gasteiger partial charge in [-0.15, -0.1) is 0 Å². The normalized spacial score (nSPS) is 23.1. The van der Waals surface area contributed by atoms with Gasteiger partial charge in [-0.2, -0.15) is 0 Å². The Balaban J connectivity index is 2.15. The molecule has 1 aromatic rings. The minimum atomic E-state index is -0.552. The van der Waals surface area contributed by atoms with Gasteiger partial charge in [0.2, 0.25) is 0 Å². The number of hydrogen-bond acceptors (Lipinski definition) is 4. The fourth-order valence-electron chi connectivity index (χ4n) is 2.35. The van der Waals surface area contributed by atoms with E-state index in [1.54, 1.807) is 12.3 Å².